The van der Waals surface area contributed by atoms with E-state index < -0.39 is 237 Å². The van der Waals surface area contributed by atoms with E-state index in [4.69, 9.17) is 52.1 Å². The Hall–Kier alpha value is -2.62. The van der Waals surface area contributed by atoms with E-state index >= 15 is 0 Å². The number of hydrogen-bond donors (Lipinski definition) is 17. The van der Waals surface area contributed by atoms with Crippen molar-refractivity contribution in [3.05, 3.63) is 23.3 Å². The van der Waals surface area contributed by atoms with Gasteiger partial charge < -0.3 is 139 Å². The molecule has 9 fully saturated rings. The van der Waals surface area contributed by atoms with E-state index in [0.717, 1.165) is 5.57 Å². The van der Waals surface area contributed by atoms with Gasteiger partial charge in [-0.3, -0.25) is 0 Å². The Morgan fingerprint density at radius 3 is 1.60 bits per heavy atom. The third kappa shape index (κ3) is 12.7. The van der Waals surface area contributed by atoms with Crippen LogP contribution in [0, 0.1) is 50.2 Å². The lowest BCUT2D eigenvalue weighted by Crippen LogP contribution is -2.70. The van der Waals surface area contributed by atoms with Crippen molar-refractivity contribution in [2.75, 3.05) is 26.4 Å². The molecule has 30 nitrogen and oxygen atoms in total. The predicted octanol–water partition coefficient (Wildman–Crippen LogP) is -3.16. The molecule has 5 heterocycles. The average molecular weight is 1370 g/mol. The van der Waals surface area contributed by atoms with E-state index in [1.807, 2.05) is 13.8 Å². The lowest BCUT2D eigenvalue weighted by atomic mass is 9.33. The number of carbonyl (C=O) groups excluding carboxylic acids is 1. The first kappa shape index (κ1) is 75.1. The first-order chi connectivity index (χ1) is 44.5. The van der Waals surface area contributed by atoms with Gasteiger partial charge in [-0.05, 0) is 117 Å². The number of carboxylic acid groups (broad SMARTS) is 1. The molecule has 0 unspecified atom stereocenters. The van der Waals surface area contributed by atoms with Gasteiger partial charge in [0.15, 0.2) is 37.6 Å². The average Bonchev–Trinajstić information content (AvgIpc) is 0.672. The van der Waals surface area contributed by atoms with Crippen LogP contribution in [-0.4, -0.2) is 297 Å². The second-order valence-electron chi connectivity index (χ2n) is 30.7. The summed E-state index contributed by atoms with van der Waals surface area (Å²) in [5, 5.41) is 190. The minimum Gasteiger partial charge on any atom is -0.479 e. The molecule has 0 radical (unpaired) electrons. The van der Waals surface area contributed by atoms with Gasteiger partial charge >= 0.3 is 11.9 Å². The molecule has 5 aliphatic carbocycles. The fourth-order valence-corrected chi connectivity index (χ4v) is 18.8. The number of rotatable bonds is 17. The molecule has 10 rings (SSSR count). The highest BCUT2D eigenvalue weighted by molar-refractivity contribution is 5.87. The maximum atomic E-state index is 13.5. The maximum Gasteiger partial charge on any atom is 0.335 e. The second kappa shape index (κ2) is 28.0. The Labute approximate surface area is 551 Å². The topological polar surface area (TPSA) is 480 Å². The number of fused-ring (bicyclic) bond motifs is 7. The van der Waals surface area contributed by atoms with E-state index in [1.165, 1.54) is 6.92 Å². The highest BCUT2D eigenvalue weighted by Gasteiger charge is 2.72. The molecule has 0 aromatic heterocycles. The Bertz CT molecular complexity index is 2750. The van der Waals surface area contributed by atoms with Crippen molar-refractivity contribution in [2.24, 2.45) is 50.2 Å². The lowest BCUT2D eigenvalue weighted by molar-refractivity contribution is -0.412. The van der Waals surface area contributed by atoms with Crippen LogP contribution in [-0.2, 0) is 61.7 Å². The number of aliphatic hydroxyl groups is 16. The summed E-state index contributed by atoms with van der Waals surface area (Å²) in [6.07, 6.45) is -43.9. The zero-order valence-corrected chi connectivity index (χ0v) is 55.4. The highest BCUT2D eigenvalue weighted by atomic mass is 16.8. The Morgan fingerprint density at radius 2 is 1.05 bits per heavy atom. The molecule has 30 heteroatoms. The molecule has 5 saturated heterocycles. The van der Waals surface area contributed by atoms with Crippen LogP contribution in [0.4, 0.5) is 0 Å². The Morgan fingerprint density at radius 1 is 0.547 bits per heavy atom. The SMILES string of the molecule is C/C=C(/C)C(=O)O[C@H]1CC(C)(C)C[C@H]2C3=CC[C@H]4[C@]5(C)CC[C@H](O[C@H]6O[C@H](C(=O)O)[C@H](O)[C@H](O[C@@H]7O[C@@H](CO)[C@H](O)[C@H](O)[C@H]7O[C@@H]7O[C@H](C)[C@H](O)[C@@H](O)[C@@H]7O[C@@H]7O[C@@H](CO)[C@@H](O)[C@H](O)[C@@H]7O)[C@@H]6O[C@@H]6O[C@@H](CO)[C@@H](O)[C@@H](O)[C@H]6O)C(C)(C)[C@H]5CC[C@]4(C)[C@@]3(C)C[C@H](O)[C@@]12CO. The van der Waals surface area contributed by atoms with E-state index in [-0.39, 0.29) is 23.2 Å². The van der Waals surface area contributed by atoms with Crippen LogP contribution in [0.2, 0.25) is 0 Å². The third-order valence-corrected chi connectivity index (χ3v) is 24.6. The van der Waals surface area contributed by atoms with Crippen molar-refractivity contribution < 1.29 is 149 Å². The summed E-state index contributed by atoms with van der Waals surface area (Å²) in [6, 6.07) is 0. The first-order valence-electron chi connectivity index (χ1n) is 33.4. The zero-order chi connectivity index (χ0) is 69.9. The number of esters is 1. The summed E-state index contributed by atoms with van der Waals surface area (Å²) >= 11 is 0. The highest BCUT2D eigenvalue weighted by Crippen LogP contribution is 2.76. The number of aliphatic carboxylic acids is 1. The first-order valence-corrected chi connectivity index (χ1v) is 33.4. The summed E-state index contributed by atoms with van der Waals surface area (Å²) in [7, 11) is 0. The second-order valence-corrected chi connectivity index (χ2v) is 30.7. The minimum absolute atomic E-state index is 0.00373. The summed E-state index contributed by atoms with van der Waals surface area (Å²) in [4.78, 5) is 26.9. The maximum absolute atomic E-state index is 13.5. The number of allylic oxidation sites excluding steroid dienone is 3. The molecule has 5 aliphatic heterocycles. The van der Waals surface area contributed by atoms with E-state index in [0.29, 0.717) is 56.9 Å². The van der Waals surface area contributed by atoms with Crippen LogP contribution in [0.3, 0.4) is 0 Å². The number of hydrogen-bond acceptors (Lipinski definition) is 29. The van der Waals surface area contributed by atoms with Gasteiger partial charge in [-0.15, -0.1) is 0 Å². The van der Waals surface area contributed by atoms with Crippen LogP contribution in [0.5, 0.6) is 0 Å². The Balaban J connectivity index is 0.976. The van der Waals surface area contributed by atoms with Crippen LogP contribution >= 0.6 is 0 Å². The smallest absolute Gasteiger partial charge is 0.335 e. The van der Waals surface area contributed by atoms with Gasteiger partial charge in [0, 0.05) is 5.57 Å². The summed E-state index contributed by atoms with van der Waals surface area (Å²) in [6.45, 7) is 16.6. The molecule has 0 bridgehead atoms. The summed E-state index contributed by atoms with van der Waals surface area (Å²) < 4.78 is 67.8. The molecule has 0 amide bonds. The van der Waals surface area contributed by atoms with Crippen molar-refractivity contribution in [3.63, 3.8) is 0 Å². The molecule has 35 atom stereocenters. The van der Waals surface area contributed by atoms with Crippen molar-refractivity contribution in [2.45, 2.75) is 292 Å². The standard InChI is InChI=1S/C65H104O30/c1-11-25(2)54(84)89-36-20-60(4,5)18-28-27-12-13-33-62(8)16-15-35(61(6,7)32(62)14-17-63(33,9)64(27,10)19-34(70)65(28,36)24-69)90-59-52(95-56-46(80)42(76)39(73)30(22-67)87-56)48(47(81)49(92-59)53(82)83)91-58-51(44(78)40(74)31(23-68)88-58)94-57-50(43(77)37(71)26(3)85-57)93-55-45(79)41(75)38(72)29(21-66)86-55/h11-12,26,28-52,55-59,66-81H,13-24H2,1-10H3,(H,82,83)/b25-11-/t26-,28+,29+,30+,31+,32-,33+,34+,35+,36+,37+,38-,39-,40+,41+,42-,43-,44+,45+,46-,47-,48+,49+,50+,51-,52+,55+,56+,57+,58+,59+,62-,63+,64+,65+/m1/s1. The third-order valence-electron chi connectivity index (χ3n) is 24.6. The van der Waals surface area contributed by atoms with Gasteiger partial charge in [-0.2, -0.15) is 0 Å². The number of aliphatic hydroxyl groups excluding tert-OH is 16. The Kier molecular flexibility index (Phi) is 22.1. The molecule has 10 aliphatic rings. The number of carboxylic acids is 1. The van der Waals surface area contributed by atoms with Crippen LogP contribution in [0.15, 0.2) is 23.3 Å². The molecule has 17 N–H and O–H groups in total. The molecule has 0 spiro atoms. The van der Waals surface area contributed by atoms with E-state index in [1.54, 1.807) is 19.9 Å². The van der Waals surface area contributed by atoms with Crippen molar-refractivity contribution in [3.8, 4) is 0 Å². The minimum atomic E-state index is -2.36. The van der Waals surface area contributed by atoms with Crippen LogP contribution in [0.1, 0.15) is 121 Å². The van der Waals surface area contributed by atoms with Gasteiger partial charge in [-0.25, -0.2) is 9.59 Å². The molecule has 95 heavy (non-hydrogen) atoms. The quantitative estimate of drug-likeness (QED) is 0.0296. The molecular weight excluding hydrogens is 1260 g/mol. The van der Waals surface area contributed by atoms with Crippen LogP contribution in [0.25, 0.3) is 0 Å². The van der Waals surface area contributed by atoms with Gasteiger partial charge in [0.1, 0.15) is 116 Å². The molecule has 0 aromatic rings. The van der Waals surface area contributed by atoms with Crippen LogP contribution < -0.4 is 0 Å². The largest absolute Gasteiger partial charge is 0.479 e. The fourth-order valence-electron chi connectivity index (χ4n) is 18.8. The monoisotopic (exact) mass is 1360 g/mol. The van der Waals surface area contributed by atoms with E-state index in [9.17, 15) is 96.4 Å². The van der Waals surface area contributed by atoms with Gasteiger partial charge in [0.25, 0.3) is 0 Å². The zero-order valence-electron chi connectivity index (χ0n) is 55.4. The lowest BCUT2D eigenvalue weighted by Gasteiger charge is -2.72. The van der Waals surface area contributed by atoms with Crippen molar-refractivity contribution in [1.82, 2.24) is 0 Å². The summed E-state index contributed by atoms with van der Waals surface area (Å²) in [5.74, 6) is -2.73. The van der Waals surface area contributed by atoms with Crippen molar-refractivity contribution >= 4 is 11.9 Å². The molecule has 544 valence electrons. The normalized spacial score (nSPS) is 52.2. The number of carbonyl (C=O) groups is 2. The summed E-state index contributed by atoms with van der Waals surface area (Å²) in [5.41, 5.74) is -2.23. The predicted molar refractivity (Wildman–Crippen MR) is 321 cm³/mol. The van der Waals surface area contributed by atoms with Gasteiger partial charge in [-0.1, -0.05) is 66.2 Å². The number of ether oxygens (including phenoxy) is 11. The molecule has 0 aromatic carbocycles. The van der Waals surface area contributed by atoms with E-state index in [2.05, 4.69) is 40.7 Å². The molecular formula is C65H104O30. The molecule has 4 saturated carbocycles. The van der Waals surface area contributed by atoms with Crippen molar-refractivity contribution in [1.29, 1.82) is 0 Å². The fraction of sp³-hybridized carbons (Fsp3) is 0.908. The van der Waals surface area contributed by atoms with Gasteiger partial charge in [0.05, 0.1) is 50.2 Å². The van der Waals surface area contributed by atoms with Gasteiger partial charge in [0.2, 0.25) is 0 Å².